The summed E-state index contributed by atoms with van der Waals surface area (Å²) < 4.78 is 0. The van der Waals surface area contributed by atoms with Crippen molar-refractivity contribution < 1.29 is 0 Å². The van der Waals surface area contributed by atoms with Crippen molar-refractivity contribution in [3.8, 4) is 0 Å². The highest BCUT2D eigenvalue weighted by molar-refractivity contribution is 5.33. The summed E-state index contributed by atoms with van der Waals surface area (Å²) in [4.78, 5) is 0. The van der Waals surface area contributed by atoms with Crippen LogP contribution >= 0.6 is 0 Å². The van der Waals surface area contributed by atoms with Crippen LogP contribution in [0.5, 0.6) is 0 Å². The molecule has 0 nitrogen and oxygen atoms in total. The minimum Gasteiger partial charge on any atom is -0.0841 e. The van der Waals surface area contributed by atoms with Crippen molar-refractivity contribution in [3.63, 3.8) is 0 Å². The monoisotopic (exact) mass is 410 g/mol. The van der Waals surface area contributed by atoms with Gasteiger partial charge in [-0.05, 0) is 114 Å². The van der Waals surface area contributed by atoms with Crippen LogP contribution in [0.4, 0.5) is 0 Å². The van der Waals surface area contributed by atoms with E-state index in [1.165, 1.54) is 64.2 Å². The molecule has 170 valence electrons. The summed E-state index contributed by atoms with van der Waals surface area (Å²) in [6.07, 6.45) is 17.4. The highest BCUT2D eigenvalue weighted by Gasteiger charge is 2.67. The maximum absolute atomic E-state index is 2.86. The van der Waals surface area contributed by atoms with Gasteiger partial charge in [0.15, 0.2) is 0 Å². The summed E-state index contributed by atoms with van der Waals surface area (Å²) in [6.45, 7) is 21.3. The molecule has 0 spiro atoms. The second-order valence-electron chi connectivity index (χ2n) is 14.6. The maximum atomic E-state index is 2.86. The lowest BCUT2D eigenvalue weighted by Crippen LogP contribution is -2.63. The largest absolute Gasteiger partial charge is 0.0841 e. The molecule has 0 saturated heterocycles. The Morgan fingerprint density at radius 1 is 0.767 bits per heavy atom. The van der Waals surface area contributed by atoms with E-state index in [1.807, 2.05) is 5.57 Å². The van der Waals surface area contributed by atoms with Crippen LogP contribution < -0.4 is 0 Å². The third kappa shape index (κ3) is 2.52. The lowest BCUT2D eigenvalue weighted by atomic mass is 9.33. The molecule has 0 N–H and O–H groups in total. The molecular formula is C30H50. The molecule has 0 amide bonds. The first-order valence-electron chi connectivity index (χ1n) is 13.6. The van der Waals surface area contributed by atoms with Gasteiger partial charge in [-0.3, -0.25) is 0 Å². The summed E-state index contributed by atoms with van der Waals surface area (Å²) >= 11 is 0. The topological polar surface area (TPSA) is 0 Å². The third-order valence-electron chi connectivity index (χ3n) is 13.1. The number of allylic oxidation sites excluding steroid dienone is 2. The van der Waals surface area contributed by atoms with E-state index in [0.29, 0.717) is 27.1 Å². The van der Waals surface area contributed by atoms with E-state index in [9.17, 15) is 0 Å². The summed E-state index contributed by atoms with van der Waals surface area (Å²) in [5, 5.41) is 0. The SMILES string of the molecule is CC1CCC2(C)CCC3(C)C(=CCC4C5(C)CCCC(C)(C)C5CCC43C)C2C1C. The van der Waals surface area contributed by atoms with Crippen molar-refractivity contribution in [1.29, 1.82) is 0 Å². The van der Waals surface area contributed by atoms with Crippen molar-refractivity contribution in [2.24, 2.45) is 56.7 Å². The van der Waals surface area contributed by atoms with Gasteiger partial charge in [-0.2, -0.15) is 0 Å². The molecule has 4 saturated carbocycles. The molecule has 5 aliphatic carbocycles. The quantitative estimate of drug-likeness (QED) is 0.349. The molecule has 0 aromatic heterocycles. The molecule has 0 aliphatic heterocycles. The normalized spacial score (nSPS) is 57.3. The Morgan fingerprint density at radius 2 is 1.50 bits per heavy atom. The first-order chi connectivity index (χ1) is 13.9. The van der Waals surface area contributed by atoms with Gasteiger partial charge in [0.25, 0.3) is 0 Å². The molecule has 30 heavy (non-hydrogen) atoms. The average Bonchev–Trinajstić information content (AvgIpc) is 2.65. The highest BCUT2D eigenvalue weighted by atomic mass is 14.7. The van der Waals surface area contributed by atoms with Crippen molar-refractivity contribution in [1.82, 2.24) is 0 Å². The van der Waals surface area contributed by atoms with Gasteiger partial charge in [-0.1, -0.05) is 73.5 Å². The molecule has 5 rings (SSSR count). The summed E-state index contributed by atoms with van der Waals surface area (Å²) in [6, 6.07) is 0. The molecule has 0 aromatic carbocycles. The summed E-state index contributed by atoms with van der Waals surface area (Å²) in [5.41, 5.74) is 4.52. The molecule has 0 radical (unpaired) electrons. The zero-order valence-electron chi connectivity index (χ0n) is 21.5. The van der Waals surface area contributed by atoms with Crippen LogP contribution in [-0.4, -0.2) is 0 Å². The van der Waals surface area contributed by atoms with Gasteiger partial charge < -0.3 is 0 Å². The number of rotatable bonds is 0. The van der Waals surface area contributed by atoms with E-state index < -0.39 is 0 Å². The van der Waals surface area contributed by atoms with Gasteiger partial charge in [0, 0.05) is 0 Å². The maximum Gasteiger partial charge on any atom is -0.00564 e. The van der Waals surface area contributed by atoms with E-state index in [1.54, 1.807) is 0 Å². The van der Waals surface area contributed by atoms with Crippen molar-refractivity contribution in [2.45, 2.75) is 120 Å². The molecular weight excluding hydrogens is 360 g/mol. The standard InChI is InChI=1S/C30H50/c1-20-12-16-27(5)18-19-29(7)22(25(27)21(20)2)10-11-24-28(6)15-9-14-26(3,4)23(28)13-17-30(24,29)8/h10,20-21,23-25H,9,11-19H2,1-8H3. The Bertz CT molecular complexity index is 743. The van der Waals surface area contributed by atoms with E-state index >= 15 is 0 Å². The number of fused-ring (bicyclic) bond motifs is 7. The van der Waals surface area contributed by atoms with Crippen LogP contribution in [0.3, 0.4) is 0 Å². The Kier molecular flexibility index (Phi) is 4.61. The highest BCUT2D eigenvalue weighted by Crippen LogP contribution is 2.75. The smallest absolute Gasteiger partial charge is 0.00564 e. The van der Waals surface area contributed by atoms with Crippen LogP contribution in [0, 0.1) is 56.7 Å². The summed E-state index contributed by atoms with van der Waals surface area (Å²) in [5.74, 6) is 4.40. The van der Waals surface area contributed by atoms with Crippen LogP contribution in [0.25, 0.3) is 0 Å². The zero-order chi connectivity index (χ0) is 21.7. The van der Waals surface area contributed by atoms with Gasteiger partial charge in [0.2, 0.25) is 0 Å². The second-order valence-corrected chi connectivity index (χ2v) is 14.6. The zero-order valence-corrected chi connectivity index (χ0v) is 21.5. The lowest BCUT2D eigenvalue weighted by Gasteiger charge is -2.71. The number of hydrogen-bond donors (Lipinski definition) is 0. The average molecular weight is 411 g/mol. The molecule has 0 heteroatoms. The minimum atomic E-state index is 0.432. The Hall–Kier alpha value is -0.260. The predicted octanol–water partition coefficient (Wildman–Crippen LogP) is 9.05. The van der Waals surface area contributed by atoms with E-state index in [0.717, 1.165) is 29.6 Å². The minimum absolute atomic E-state index is 0.432. The van der Waals surface area contributed by atoms with Crippen LogP contribution in [0.15, 0.2) is 11.6 Å². The van der Waals surface area contributed by atoms with Crippen LogP contribution in [-0.2, 0) is 0 Å². The third-order valence-corrected chi connectivity index (χ3v) is 13.1. The van der Waals surface area contributed by atoms with Crippen molar-refractivity contribution in [2.75, 3.05) is 0 Å². The van der Waals surface area contributed by atoms with Gasteiger partial charge in [0.05, 0.1) is 0 Å². The molecule has 9 unspecified atom stereocenters. The predicted molar refractivity (Wildman–Crippen MR) is 129 cm³/mol. The second kappa shape index (κ2) is 6.41. The van der Waals surface area contributed by atoms with E-state index in [-0.39, 0.29) is 0 Å². The Labute approximate surface area is 188 Å². The Morgan fingerprint density at radius 3 is 2.23 bits per heavy atom. The van der Waals surface area contributed by atoms with Gasteiger partial charge in [-0.15, -0.1) is 0 Å². The van der Waals surface area contributed by atoms with Gasteiger partial charge in [-0.25, -0.2) is 0 Å². The molecule has 4 fully saturated rings. The van der Waals surface area contributed by atoms with Gasteiger partial charge >= 0.3 is 0 Å². The molecule has 0 aromatic rings. The summed E-state index contributed by atoms with van der Waals surface area (Å²) in [7, 11) is 0. The fraction of sp³-hybridized carbons (Fsp3) is 0.933. The van der Waals surface area contributed by atoms with E-state index in [2.05, 4.69) is 61.5 Å². The van der Waals surface area contributed by atoms with Gasteiger partial charge in [0.1, 0.15) is 0 Å². The van der Waals surface area contributed by atoms with Crippen molar-refractivity contribution >= 4 is 0 Å². The van der Waals surface area contributed by atoms with Crippen LogP contribution in [0.2, 0.25) is 0 Å². The molecule has 9 atom stereocenters. The Balaban J connectivity index is 1.59. The first-order valence-corrected chi connectivity index (χ1v) is 13.6. The lowest BCUT2D eigenvalue weighted by molar-refractivity contribution is -0.180. The molecule has 0 bridgehead atoms. The first kappa shape index (κ1) is 21.6. The fourth-order valence-electron chi connectivity index (χ4n) is 11.0. The molecule has 0 heterocycles. The number of hydrogen-bond acceptors (Lipinski definition) is 0. The molecule has 5 aliphatic rings. The fourth-order valence-corrected chi connectivity index (χ4v) is 11.0. The van der Waals surface area contributed by atoms with Crippen molar-refractivity contribution in [3.05, 3.63) is 11.6 Å². The van der Waals surface area contributed by atoms with Crippen LogP contribution in [0.1, 0.15) is 120 Å². The van der Waals surface area contributed by atoms with E-state index in [4.69, 9.17) is 0 Å².